The maximum Gasteiger partial charge on any atom is 0.255 e. The second kappa shape index (κ2) is 5.88. The molecule has 2 aromatic carbocycles. The molecule has 0 heterocycles. The number of Topliss-reactive ketones (excluding diaryl/α,β-unsaturated/α-hetero) is 2. The van der Waals surface area contributed by atoms with Crippen LogP contribution in [0, 0.1) is 0 Å². The number of allylic oxidation sites excluding steroid dienone is 1. The number of nitrogens with two attached hydrogens (primary N) is 1. The number of amides is 1. The third-order valence-corrected chi connectivity index (χ3v) is 3.48. The van der Waals surface area contributed by atoms with Gasteiger partial charge in [-0.05, 0) is 23.8 Å². The van der Waals surface area contributed by atoms with Gasteiger partial charge in [0.1, 0.15) is 5.75 Å². The van der Waals surface area contributed by atoms with Crippen molar-refractivity contribution in [1.29, 1.82) is 0 Å². The Kier molecular flexibility index (Phi) is 3.76. The highest BCUT2D eigenvalue weighted by atomic mass is 16.5. The summed E-state index contributed by atoms with van der Waals surface area (Å²) < 4.78 is 5.16. The van der Waals surface area contributed by atoms with Crippen molar-refractivity contribution in [3.8, 4) is 5.75 Å². The lowest BCUT2D eigenvalue weighted by Gasteiger charge is -2.03. The van der Waals surface area contributed by atoms with Crippen molar-refractivity contribution in [1.82, 2.24) is 0 Å². The molecule has 0 bridgehead atoms. The van der Waals surface area contributed by atoms with Gasteiger partial charge in [0, 0.05) is 11.1 Å². The molecular weight excluding hydrogens is 294 g/mol. The number of benzene rings is 2. The maximum atomic E-state index is 12.3. The average Bonchev–Trinajstić information content (AvgIpc) is 2.80. The second-order valence-electron chi connectivity index (χ2n) is 5.09. The fourth-order valence-electron chi connectivity index (χ4n) is 2.38. The van der Waals surface area contributed by atoms with E-state index in [-0.39, 0.29) is 23.7 Å². The molecule has 114 valence electrons. The number of rotatable bonds is 4. The number of hydrogen-bond donors (Lipinski definition) is 1. The Morgan fingerprint density at radius 2 is 1.52 bits per heavy atom. The zero-order valence-corrected chi connectivity index (χ0v) is 12.1. The smallest absolute Gasteiger partial charge is 0.255 e. The maximum absolute atomic E-state index is 12.3. The van der Waals surface area contributed by atoms with Crippen molar-refractivity contribution in [2.24, 2.45) is 5.73 Å². The van der Waals surface area contributed by atoms with Gasteiger partial charge < -0.3 is 10.5 Å². The Labute approximate surface area is 132 Å². The van der Waals surface area contributed by atoms with Gasteiger partial charge in [-0.1, -0.05) is 36.4 Å². The highest BCUT2D eigenvalue weighted by Gasteiger charge is 2.32. The first-order chi connectivity index (χ1) is 11.1. The Bertz CT molecular complexity index is 797. The normalized spacial score (nSPS) is 13.0. The second-order valence-corrected chi connectivity index (χ2v) is 5.09. The molecule has 1 aliphatic carbocycles. The number of ether oxygens (including phenoxy) is 1. The number of carbonyl (C=O) groups excluding carboxylic acids is 3. The van der Waals surface area contributed by atoms with Gasteiger partial charge in [0.25, 0.3) is 5.91 Å². The minimum atomic E-state index is -0.559. The van der Waals surface area contributed by atoms with Gasteiger partial charge in [-0.25, -0.2) is 0 Å². The van der Waals surface area contributed by atoms with Crippen LogP contribution in [0.4, 0.5) is 0 Å². The third kappa shape index (κ3) is 2.89. The fraction of sp³-hybridized carbons (Fsp3) is 0.0556. The first-order valence-electron chi connectivity index (χ1n) is 6.97. The molecule has 0 aromatic heterocycles. The van der Waals surface area contributed by atoms with E-state index in [9.17, 15) is 14.4 Å². The van der Waals surface area contributed by atoms with Crippen LogP contribution in [0.5, 0.6) is 5.75 Å². The van der Waals surface area contributed by atoms with Gasteiger partial charge in [0.05, 0.1) is 5.57 Å². The van der Waals surface area contributed by atoms with Gasteiger partial charge in [0.15, 0.2) is 18.2 Å². The number of fused-ring (bicyclic) bond motifs is 1. The Morgan fingerprint density at radius 1 is 0.957 bits per heavy atom. The molecule has 0 saturated heterocycles. The summed E-state index contributed by atoms with van der Waals surface area (Å²) in [7, 11) is 0. The lowest BCUT2D eigenvalue weighted by Crippen LogP contribution is -2.19. The molecule has 0 saturated carbocycles. The Balaban J connectivity index is 1.84. The predicted octanol–water partition coefficient (Wildman–Crippen LogP) is 2.01. The first-order valence-corrected chi connectivity index (χ1v) is 6.97. The van der Waals surface area contributed by atoms with Gasteiger partial charge >= 0.3 is 0 Å². The Morgan fingerprint density at radius 3 is 2.04 bits per heavy atom. The summed E-state index contributed by atoms with van der Waals surface area (Å²) >= 11 is 0. The minimum Gasteiger partial charge on any atom is -0.484 e. The van der Waals surface area contributed by atoms with Crippen LogP contribution in [0.25, 0.3) is 6.08 Å². The lowest BCUT2D eigenvalue weighted by atomic mass is 10.1. The monoisotopic (exact) mass is 307 g/mol. The van der Waals surface area contributed by atoms with Crippen LogP contribution in [0.1, 0.15) is 26.3 Å². The topological polar surface area (TPSA) is 86.5 Å². The first kappa shape index (κ1) is 14.7. The standard InChI is InChI=1S/C18H13NO4/c19-16(20)10-23-12-7-5-11(6-8-12)9-15-17(21)13-3-1-2-4-14(13)18(15)22/h1-9H,10H2,(H2,19,20). The number of carbonyl (C=O) groups is 3. The molecule has 3 rings (SSSR count). The van der Waals surface area contributed by atoms with Gasteiger partial charge in [-0.15, -0.1) is 0 Å². The zero-order valence-electron chi connectivity index (χ0n) is 12.1. The van der Waals surface area contributed by atoms with E-state index in [0.29, 0.717) is 22.4 Å². The highest BCUT2D eigenvalue weighted by molar-refractivity contribution is 6.41. The highest BCUT2D eigenvalue weighted by Crippen LogP contribution is 2.27. The summed E-state index contributed by atoms with van der Waals surface area (Å²) in [6.45, 7) is -0.202. The molecule has 0 aliphatic heterocycles. The summed E-state index contributed by atoms with van der Waals surface area (Å²) in [5.74, 6) is -0.603. The summed E-state index contributed by atoms with van der Waals surface area (Å²) in [4.78, 5) is 35.2. The number of ketones is 2. The van der Waals surface area contributed by atoms with E-state index >= 15 is 0 Å². The average molecular weight is 307 g/mol. The van der Waals surface area contributed by atoms with Crippen LogP contribution in [-0.2, 0) is 4.79 Å². The largest absolute Gasteiger partial charge is 0.484 e. The van der Waals surface area contributed by atoms with Crippen molar-refractivity contribution >= 4 is 23.5 Å². The quantitative estimate of drug-likeness (QED) is 0.691. The van der Waals surface area contributed by atoms with Crippen LogP contribution in [-0.4, -0.2) is 24.1 Å². The summed E-state index contributed by atoms with van der Waals surface area (Å²) in [5, 5.41) is 0. The van der Waals surface area contributed by atoms with E-state index < -0.39 is 5.91 Å². The summed E-state index contributed by atoms with van der Waals surface area (Å²) in [6.07, 6.45) is 1.56. The zero-order chi connectivity index (χ0) is 16.4. The van der Waals surface area contributed by atoms with E-state index in [1.807, 2.05) is 0 Å². The fourth-order valence-corrected chi connectivity index (χ4v) is 2.38. The SMILES string of the molecule is NC(=O)COc1ccc(C=C2C(=O)c3ccccc3C2=O)cc1. The van der Waals surface area contributed by atoms with Crippen molar-refractivity contribution in [3.63, 3.8) is 0 Å². The molecule has 0 spiro atoms. The lowest BCUT2D eigenvalue weighted by molar-refractivity contribution is -0.119. The number of primary amides is 1. The summed E-state index contributed by atoms with van der Waals surface area (Å²) in [6, 6.07) is 13.5. The van der Waals surface area contributed by atoms with E-state index in [2.05, 4.69) is 0 Å². The van der Waals surface area contributed by atoms with Gasteiger partial charge in [-0.2, -0.15) is 0 Å². The van der Waals surface area contributed by atoms with E-state index in [1.54, 1.807) is 54.6 Å². The molecule has 1 amide bonds. The molecule has 0 atom stereocenters. The van der Waals surface area contributed by atoms with Crippen LogP contribution < -0.4 is 10.5 Å². The molecule has 0 radical (unpaired) electrons. The Hall–Kier alpha value is -3.21. The molecule has 5 nitrogen and oxygen atoms in total. The molecular formula is C18H13NO4. The van der Waals surface area contributed by atoms with Gasteiger partial charge in [-0.3, -0.25) is 14.4 Å². The van der Waals surface area contributed by atoms with Crippen LogP contribution >= 0.6 is 0 Å². The molecule has 1 aliphatic rings. The van der Waals surface area contributed by atoms with E-state index in [1.165, 1.54) is 0 Å². The molecule has 0 unspecified atom stereocenters. The molecule has 2 N–H and O–H groups in total. The minimum absolute atomic E-state index is 0.150. The number of hydrogen-bond acceptors (Lipinski definition) is 4. The third-order valence-electron chi connectivity index (χ3n) is 3.48. The molecule has 0 fully saturated rings. The molecule has 2 aromatic rings. The van der Waals surface area contributed by atoms with Crippen LogP contribution in [0.3, 0.4) is 0 Å². The van der Waals surface area contributed by atoms with Crippen molar-refractivity contribution in [2.75, 3.05) is 6.61 Å². The van der Waals surface area contributed by atoms with Crippen molar-refractivity contribution in [3.05, 3.63) is 70.8 Å². The molecule has 5 heteroatoms. The van der Waals surface area contributed by atoms with Gasteiger partial charge in [0.2, 0.25) is 0 Å². The van der Waals surface area contributed by atoms with E-state index in [0.717, 1.165) is 0 Å². The predicted molar refractivity (Wildman–Crippen MR) is 84.2 cm³/mol. The molecule has 23 heavy (non-hydrogen) atoms. The van der Waals surface area contributed by atoms with Crippen LogP contribution in [0.15, 0.2) is 54.1 Å². The van der Waals surface area contributed by atoms with Crippen LogP contribution in [0.2, 0.25) is 0 Å². The van der Waals surface area contributed by atoms with Crippen molar-refractivity contribution < 1.29 is 19.1 Å². The van der Waals surface area contributed by atoms with E-state index in [4.69, 9.17) is 10.5 Å². The van der Waals surface area contributed by atoms with Crippen molar-refractivity contribution in [2.45, 2.75) is 0 Å². The summed E-state index contributed by atoms with van der Waals surface area (Å²) in [5.41, 5.74) is 6.72.